The number of carbonyl (C=O) groups is 3. The molecule has 1 unspecified atom stereocenters. The summed E-state index contributed by atoms with van der Waals surface area (Å²) in [7, 11) is 0. The normalized spacial score (nSPS) is 16.8. The van der Waals surface area contributed by atoms with Crippen LogP contribution < -0.4 is 9.64 Å². The van der Waals surface area contributed by atoms with Gasteiger partial charge in [0.2, 0.25) is 0 Å². The van der Waals surface area contributed by atoms with Crippen molar-refractivity contribution in [2.45, 2.75) is 40.2 Å². The summed E-state index contributed by atoms with van der Waals surface area (Å²) in [4.78, 5) is 49.1. The lowest BCUT2D eigenvalue weighted by Gasteiger charge is -2.23. The van der Waals surface area contributed by atoms with E-state index in [9.17, 15) is 19.5 Å². The molecule has 4 rings (SSSR count). The molecule has 0 radical (unpaired) electrons. The van der Waals surface area contributed by atoms with Crippen molar-refractivity contribution in [1.29, 1.82) is 0 Å². The lowest BCUT2D eigenvalue weighted by Crippen LogP contribution is -2.29. The molecule has 198 valence electrons. The molecule has 10 heteroatoms. The Hall–Kier alpha value is -4.05. The second-order valence-electron chi connectivity index (χ2n) is 9.14. The largest absolute Gasteiger partial charge is 0.507 e. The maximum atomic E-state index is 13.4. The molecule has 1 atom stereocenters. The molecule has 0 aliphatic carbocycles. The summed E-state index contributed by atoms with van der Waals surface area (Å²) in [5.41, 5.74) is 1.18. The monoisotopic (exact) mass is 535 g/mol. The number of esters is 1. The molecule has 0 bridgehead atoms. The van der Waals surface area contributed by atoms with E-state index in [1.54, 1.807) is 50.2 Å². The van der Waals surface area contributed by atoms with Crippen molar-refractivity contribution in [1.82, 2.24) is 9.97 Å². The summed E-state index contributed by atoms with van der Waals surface area (Å²) in [5, 5.41) is 11.4. The first-order chi connectivity index (χ1) is 18.2. The predicted octanol–water partition coefficient (Wildman–Crippen LogP) is 5.07. The van der Waals surface area contributed by atoms with Crippen LogP contribution in [0, 0.1) is 12.8 Å². The van der Waals surface area contributed by atoms with Gasteiger partial charge in [0.05, 0.1) is 30.5 Å². The Bertz CT molecular complexity index is 1380. The number of aliphatic hydroxyl groups excluding tert-OH is 1. The van der Waals surface area contributed by atoms with Gasteiger partial charge in [0.15, 0.2) is 5.13 Å². The minimum Gasteiger partial charge on any atom is -0.507 e. The van der Waals surface area contributed by atoms with Crippen LogP contribution >= 0.6 is 11.3 Å². The van der Waals surface area contributed by atoms with Crippen molar-refractivity contribution in [3.63, 3.8) is 0 Å². The molecule has 3 aromatic rings. The number of hydrogen-bond donors (Lipinski definition) is 1. The van der Waals surface area contributed by atoms with Crippen molar-refractivity contribution in [2.75, 3.05) is 18.1 Å². The van der Waals surface area contributed by atoms with E-state index >= 15 is 0 Å². The number of ketones is 1. The number of hydrogen-bond acceptors (Lipinski definition) is 9. The van der Waals surface area contributed by atoms with Crippen molar-refractivity contribution in [3.8, 4) is 5.75 Å². The Morgan fingerprint density at radius 3 is 2.61 bits per heavy atom. The number of carbonyl (C=O) groups excluding carboxylic acids is 3. The van der Waals surface area contributed by atoms with Gasteiger partial charge in [-0.2, -0.15) is 0 Å². The third-order valence-electron chi connectivity index (χ3n) is 5.99. The van der Waals surface area contributed by atoms with E-state index in [2.05, 4.69) is 23.8 Å². The fourth-order valence-corrected chi connectivity index (χ4v) is 5.06. The Morgan fingerprint density at radius 1 is 1.18 bits per heavy atom. The predicted molar refractivity (Wildman–Crippen MR) is 143 cm³/mol. The van der Waals surface area contributed by atoms with Gasteiger partial charge in [-0.25, -0.2) is 9.78 Å². The average molecular weight is 536 g/mol. The van der Waals surface area contributed by atoms with Gasteiger partial charge in [-0.3, -0.25) is 19.5 Å². The summed E-state index contributed by atoms with van der Waals surface area (Å²) < 4.78 is 11.0. The number of aliphatic hydroxyl groups is 1. The average Bonchev–Trinajstić information content (AvgIpc) is 3.41. The first kappa shape index (κ1) is 27.0. The minimum atomic E-state index is -1.00. The molecule has 1 aliphatic heterocycles. The van der Waals surface area contributed by atoms with E-state index in [-0.39, 0.29) is 27.9 Å². The van der Waals surface area contributed by atoms with Crippen LogP contribution in [0.5, 0.6) is 5.75 Å². The molecule has 1 aromatic carbocycles. The zero-order valence-corrected chi connectivity index (χ0v) is 22.4. The highest BCUT2D eigenvalue weighted by Gasteiger charge is 2.48. The second-order valence-corrected chi connectivity index (χ2v) is 10.1. The maximum absolute atomic E-state index is 13.4. The number of amides is 1. The molecule has 38 heavy (non-hydrogen) atoms. The number of aromatic nitrogens is 2. The van der Waals surface area contributed by atoms with Gasteiger partial charge in [0.25, 0.3) is 5.78 Å². The van der Waals surface area contributed by atoms with Gasteiger partial charge < -0.3 is 14.6 Å². The minimum absolute atomic E-state index is 0.0916. The molecule has 1 fully saturated rings. The lowest BCUT2D eigenvalue weighted by atomic mass is 9.95. The first-order valence-corrected chi connectivity index (χ1v) is 13.1. The fourth-order valence-electron chi connectivity index (χ4n) is 4.07. The van der Waals surface area contributed by atoms with Crippen molar-refractivity contribution >= 4 is 39.9 Å². The zero-order chi connectivity index (χ0) is 27.4. The first-order valence-electron chi connectivity index (χ1n) is 12.3. The van der Waals surface area contributed by atoms with Crippen LogP contribution in [-0.4, -0.2) is 45.9 Å². The smallest absolute Gasteiger partial charge is 0.350 e. The number of anilines is 1. The molecule has 0 spiro atoms. The second kappa shape index (κ2) is 11.6. The number of ether oxygens (including phenoxy) is 2. The molecule has 3 heterocycles. The number of aryl methyl sites for hydroxylation is 1. The molecular formula is C28H29N3O6S. The van der Waals surface area contributed by atoms with Gasteiger partial charge in [0, 0.05) is 18.0 Å². The van der Waals surface area contributed by atoms with Gasteiger partial charge in [-0.15, -0.1) is 0 Å². The summed E-state index contributed by atoms with van der Waals surface area (Å²) in [6.45, 7) is 8.24. The van der Waals surface area contributed by atoms with E-state index in [0.29, 0.717) is 35.1 Å². The highest BCUT2D eigenvalue weighted by Crippen LogP contribution is 2.44. The van der Waals surface area contributed by atoms with E-state index < -0.39 is 23.7 Å². The van der Waals surface area contributed by atoms with Crippen molar-refractivity contribution in [3.05, 3.63) is 76.1 Å². The molecule has 1 aliphatic rings. The SMILES string of the molecule is CCOC(=O)c1sc(N2C(=O)C(=O)C(=C(O)c3ccncc3)C2c2cccc(OCCC(C)C)c2)nc1C. The molecule has 1 N–H and O–H groups in total. The van der Waals surface area contributed by atoms with Crippen molar-refractivity contribution in [2.24, 2.45) is 5.92 Å². The number of rotatable bonds is 9. The molecule has 1 amide bonds. The Labute approximate surface area is 224 Å². The van der Waals surface area contributed by atoms with Gasteiger partial charge in [-0.1, -0.05) is 37.3 Å². The van der Waals surface area contributed by atoms with Gasteiger partial charge in [-0.05, 0) is 56.0 Å². The number of pyridine rings is 1. The van der Waals surface area contributed by atoms with Crippen LogP contribution in [0.15, 0.2) is 54.4 Å². The van der Waals surface area contributed by atoms with E-state index in [0.717, 1.165) is 17.8 Å². The molecule has 1 saturated heterocycles. The van der Waals surface area contributed by atoms with E-state index in [1.807, 2.05) is 0 Å². The Balaban J connectivity index is 1.85. The lowest BCUT2D eigenvalue weighted by molar-refractivity contribution is -0.132. The van der Waals surface area contributed by atoms with Crippen LogP contribution in [0.4, 0.5) is 5.13 Å². The summed E-state index contributed by atoms with van der Waals surface area (Å²) >= 11 is 0.962. The third-order valence-corrected chi connectivity index (χ3v) is 7.12. The van der Waals surface area contributed by atoms with E-state index in [1.165, 1.54) is 17.3 Å². The van der Waals surface area contributed by atoms with Crippen LogP contribution in [0.2, 0.25) is 0 Å². The zero-order valence-electron chi connectivity index (χ0n) is 21.6. The highest BCUT2D eigenvalue weighted by molar-refractivity contribution is 7.17. The number of benzene rings is 1. The standard InChI is InChI=1S/C28H29N3O6S/c1-5-36-27(35)25-17(4)30-28(38-25)31-22(19-7-6-8-20(15-19)37-14-11-16(2)3)21(24(33)26(31)34)23(32)18-9-12-29-13-10-18/h6-10,12-13,15-16,22,32H,5,11,14H2,1-4H3. The fraction of sp³-hybridized carbons (Fsp3) is 0.321. The van der Waals surface area contributed by atoms with Crippen LogP contribution in [-0.2, 0) is 14.3 Å². The van der Waals surface area contributed by atoms with E-state index in [4.69, 9.17) is 9.47 Å². The molecule has 9 nitrogen and oxygen atoms in total. The molecule has 0 saturated carbocycles. The Morgan fingerprint density at radius 2 is 1.92 bits per heavy atom. The van der Waals surface area contributed by atoms with Crippen LogP contribution in [0.3, 0.4) is 0 Å². The maximum Gasteiger partial charge on any atom is 0.350 e. The van der Waals surface area contributed by atoms with Crippen LogP contribution in [0.25, 0.3) is 5.76 Å². The topological polar surface area (TPSA) is 119 Å². The number of Topliss-reactive ketones (excluding diaryl/α,β-unsaturated/α-hetero) is 1. The molecular weight excluding hydrogens is 506 g/mol. The van der Waals surface area contributed by atoms with Gasteiger partial charge in [0.1, 0.15) is 16.4 Å². The van der Waals surface area contributed by atoms with Crippen molar-refractivity contribution < 1.29 is 29.0 Å². The summed E-state index contributed by atoms with van der Waals surface area (Å²) in [6, 6.07) is 9.17. The Kier molecular flexibility index (Phi) is 8.21. The molecule has 2 aromatic heterocycles. The highest BCUT2D eigenvalue weighted by atomic mass is 32.1. The van der Waals surface area contributed by atoms with Crippen LogP contribution in [0.1, 0.15) is 59.7 Å². The summed E-state index contributed by atoms with van der Waals surface area (Å²) in [6.07, 6.45) is 3.83. The number of nitrogens with zero attached hydrogens (tertiary/aromatic N) is 3. The quantitative estimate of drug-likeness (QED) is 0.175. The third kappa shape index (κ3) is 5.45. The number of thiazole rings is 1. The van der Waals surface area contributed by atoms with Gasteiger partial charge >= 0.3 is 11.9 Å². The summed E-state index contributed by atoms with van der Waals surface area (Å²) in [5.74, 6) is -1.57.